The minimum atomic E-state index is -4.40. The van der Waals surface area contributed by atoms with E-state index in [1.54, 1.807) is 0 Å². The lowest BCUT2D eigenvalue weighted by atomic mass is 10.0. The predicted molar refractivity (Wildman–Crippen MR) is 358 cm³/mol. The largest absolute Gasteiger partial charge is 0.472 e. The van der Waals surface area contributed by atoms with Gasteiger partial charge in [-0.3, -0.25) is 18.6 Å². The first kappa shape index (κ1) is 80.2. The van der Waals surface area contributed by atoms with Crippen LogP contribution >= 0.6 is 7.82 Å². The highest BCUT2D eigenvalue weighted by Gasteiger charge is 2.26. The maximum Gasteiger partial charge on any atom is 0.472 e. The zero-order valence-electron chi connectivity index (χ0n) is 54.2. The molecule has 0 saturated heterocycles. The number of esters is 2. The Morgan fingerprint density at radius 2 is 0.663 bits per heavy atom. The maximum absolute atomic E-state index is 12.8. The second-order valence-electron chi connectivity index (χ2n) is 23.4. The molecule has 0 fully saturated rings. The lowest BCUT2D eigenvalue weighted by Gasteiger charge is -2.19. The minimum Gasteiger partial charge on any atom is -0.462 e. The molecule has 83 heavy (non-hydrogen) atoms. The SMILES string of the molecule is CC/C=C\C/C=C\C/C=C\C/C=C\C/C=C\C/C=C\CCCCCCCCCCCCCCCCC(=O)OC(COC(=O)CCCCCCCCCCCCCCCCCCC/C=C\CCCCCCCCCC)COP(=O)(O)OCCN. The fraction of sp³-hybridized carbons (Fsp3) is 0.781. The number of rotatable bonds is 66. The third-order valence-corrected chi connectivity index (χ3v) is 16.2. The number of allylic oxidation sites excluding steroid dienone is 14. The summed E-state index contributed by atoms with van der Waals surface area (Å²) in [6, 6.07) is 0. The molecule has 3 N–H and O–H groups in total. The zero-order valence-corrected chi connectivity index (χ0v) is 55.1. The number of nitrogens with two attached hydrogens (primary N) is 1. The van der Waals surface area contributed by atoms with Gasteiger partial charge in [0.1, 0.15) is 6.61 Å². The van der Waals surface area contributed by atoms with Crippen LogP contribution in [0.1, 0.15) is 335 Å². The van der Waals surface area contributed by atoms with Crippen LogP contribution in [0.15, 0.2) is 85.1 Å². The maximum atomic E-state index is 12.8. The van der Waals surface area contributed by atoms with Crippen LogP contribution in [0.5, 0.6) is 0 Å². The molecule has 0 aromatic heterocycles. The van der Waals surface area contributed by atoms with Crippen molar-refractivity contribution in [2.45, 2.75) is 341 Å². The van der Waals surface area contributed by atoms with Crippen LogP contribution in [-0.4, -0.2) is 49.3 Å². The standard InChI is InChI=1S/C73H132NO8P/c1-3-5-7-9-11-13-15-17-19-21-23-25-27-29-31-33-34-35-36-38-40-42-44-46-48-50-52-54-56-58-60-62-64-66-73(76)82-71(70-81-83(77,78)80-68-67-74)69-79-72(75)65-63-61-59-57-55-53-51-49-47-45-43-41-39-37-32-30-28-26-24-22-20-18-16-14-12-10-8-6-4-2/h5,7,11,13,17,19,22-25,29,31,34-35,71H,3-4,6,8-10,12,14-16,18,20-21,26-28,30,32-33,36-70,74H2,1-2H3,(H,77,78)/b7-5-,13-11-,19-17-,24-22-,25-23-,31-29-,35-34-. The Bertz CT molecular complexity index is 1640. The third kappa shape index (κ3) is 68.2. The van der Waals surface area contributed by atoms with E-state index < -0.39 is 26.5 Å². The highest BCUT2D eigenvalue weighted by atomic mass is 31.2. The number of carbonyl (C=O) groups excluding carboxylic acids is 2. The topological polar surface area (TPSA) is 134 Å². The lowest BCUT2D eigenvalue weighted by molar-refractivity contribution is -0.161. The van der Waals surface area contributed by atoms with Gasteiger partial charge in [-0.25, -0.2) is 4.57 Å². The molecule has 0 aromatic rings. The van der Waals surface area contributed by atoms with Crippen molar-refractivity contribution in [2.75, 3.05) is 26.4 Å². The van der Waals surface area contributed by atoms with E-state index in [0.717, 1.165) is 77.0 Å². The van der Waals surface area contributed by atoms with Gasteiger partial charge < -0.3 is 20.1 Å². The molecule has 10 heteroatoms. The zero-order chi connectivity index (χ0) is 60.1. The quantitative estimate of drug-likeness (QED) is 0.0264. The van der Waals surface area contributed by atoms with Gasteiger partial charge in [0, 0.05) is 19.4 Å². The Balaban J connectivity index is 3.87. The van der Waals surface area contributed by atoms with Gasteiger partial charge >= 0.3 is 19.8 Å². The average molecular weight is 1180 g/mol. The Hall–Kier alpha value is -2.81. The Labute approximate surface area is 513 Å². The molecular formula is C73H132NO8P. The van der Waals surface area contributed by atoms with Gasteiger partial charge in [-0.2, -0.15) is 0 Å². The van der Waals surface area contributed by atoms with E-state index in [4.69, 9.17) is 24.3 Å². The van der Waals surface area contributed by atoms with Crippen molar-refractivity contribution in [3.8, 4) is 0 Å². The lowest BCUT2D eigenvalue weighted by Crippen LogP contribution is -2.29. The van der Waals surface area contributed by atoms with E-state index in [1.807, 2.05) is 0 Å². The molecular weight excluding hydrogens is 1050 g/mol. The van der Waals surface area contributed by atoms with Crippen LogP contribution in [0, 0.1) is 0 Å². The molecule has 0 aliphatic heterocycles. The van der Waals surface area contributed by atoms with Crippen LogP contribution in [0.3, 0.4) is 0 Å². The Kier molecular flexibility index (Phi) is 66.0. The normalized spacial score (nSPS) is 13.4. The highest BCUT2D eigenvalue weighted by molar-refractivity contribution is 7.47. The number of hydrogen-bond donors (Lipinski definition) is 2. The molecule has 0 aromatic carbocycles. The number of carbonyl (C=O) groups is 2. The first-order valence-corrected chi connectivity index (χ1v) is 36.6. The molecule has 0 aliphatic carbocycles. The summed E-state index contributed by atoms with van der Waals surface area (Å²) in [7, 11) is -4.40. The molecule has 2 unspecified atom stereocenters. The Morgan fingerprint density at radius 3 is 1.00 bits per heavy atom. The minimum absolute atomic E-state index is 0.0523. The van der Waals surface area contributed by atoms with Gasteiger partial charge in [-0.1, -0.05) is 317 Å². The van der Waals surface area contributed by atoms with E-state index in [-0.39, 0.29) is 38.6 Å². The van der Waals surface area contributed by atoms with Crippen LogP contribution in [0.4, 0.5) is 0 Å². The van der Waals surface area contributed by atoms with Gasteiger partial charge in [0.05, 0.1) is 13.2 Å². The average Bonchev–Trinajstić information content (AvgIpc) is 3.49. The van der Waals surface area contributed by atoms with E-state index in [0.29, 0.717) is 6.42 Å². The first-order chi connectivity index (χ1) is 40.8. The van der Waals surface area contributed by atoms with Crippen molar-refractivity contribution < 1.29 is 37.6 Å². The van der Waals surface area contributed by atoms with Crippen molar-refractivity contribution in [1.82, 2.24) is 0 Å². The number of hydrogen-bond acceptors (Lipinski definition) is 8. The number of phosphoric ester groups is 1. The van der Waals surface area contributed by atoms with Crippen LogP contribution < -0.4 is 5.73 Å². The second-order valence-corrected chi connectivity index (χ2v) is 24.8. The number of ether oxygens (including phenoxy) is 2. The summed E-state index contributed by atoms with van der Waals surface area (Å²) in [5, 5.41) is 0. The molecule has 0 saturated carbocycles. The summed E-state index contributed by atoms with van der Waals surface area (Å²) < 4.78 is 33.2. The number of phosphoric acid groups is 1. The van der Waals surface area contributed by atoms with Crippen molar-refractivity contribution in [3.05, 3.63) is 85.1 Å². The molecule has 0 rings (SSSR count). The predicted octanol–water partition coefficient (Wildman–Crippen LogP) is 23.0. The van der Waals surface area contributed by atoms with Crippen molar-refractivity contribution in [3.63, 3.8) is 0 Å². The van der Waals surface area contributed by atoms with E-state index in [9.17, 15) is 19.0 Å². The van der Waals surface area contributed by atoms with Crippen LogP contribution in [0.2, 0.25) is 0 Å². The van der Waals surface area contributed by atoms with Gasteiger partial charge in [0.25, 0.3) is 0 Å². The highest BCUT2D eigenvalue weighted by Crippen LogP contribution is 2.43. The van der Waals surface area contributed by atoms with Crippen molar-refractivity contribution in [1.29, 1.82) is 0 Å². The number of unbranched alkanes of at least 4 members (excludes halogenated alkanes) is 39. The molecule has 2 atom stereocenters. The summed E-state index contributed by atoms with van der Waals surface area (Å²) in [6.45, 7) is 3.68. The Morgan fingerprint density at radius 1 is 0.373 bits per heavy atom. The first-order valence-electron chi connectivity index (χ1n) is 35.1. The van der Waals surface area contributed by atoms with Gasteiger partial charge in [0.15, 0.2) is 6.10 Å². The summed E-state index contributed by atoms with van der Waals surface area (Å²) in [6.07, 6.45) is 91.0. The molecule has 0 aliphatic rings. The van der Waals surface area contributed by atoms with Gasteiger partial charge in [0.2, 0.25) is 0 Å². The molecule has 0 bridgehead atoms. The summed E-state index contributed by atoms with van der Waals surface area (Å²) in [5.41, 5.74) is 5.40. The third-order valence-electron chi connectivity index (χ3n) is 15.3. The molecule has 9 nitrogen and oxygen atoms in total. The second kappa shape index (κ2) is 68.3. The molecule has 0 heterocycles. The van der Waals surface area contributed by atoms with Crippen LogP contribution in [0.25, 0.3) is 0 Å². The van der Waals surface area contributed by atoms with Crippen molar-refractivity contribution in [2.24, 2.45) is 5.73 Å². The van der Waals surface area contributed by atoms with E-state index in [2.05, 4.69) is 98.9 Å². The summed E-state index contributed by atoms with van der Waals surface area (Å²) in [4.78, 5) is 35.4. The summed E-state index contributed by atoms with van der Waals surface area (Å²) in [5.74, 6) is -0.816. The van der Waals surface area contributed by atoms with E-state index >= 15 is 0 Å². The van der Waals surface area contributed by atoms with Gasteiger partial charge in [-0.15, -0.1) is 0 Å². The fourth-order valence-corrected chi connectivity index (χ4v) is 10.9. The van der Waals surface area contributed by atoms with Crippen molar-refractivity contribution >= 4 is 19.8 Å². The monoisotopic (exact) mass is 1180 g/mol. The van der Waals surface area contributed by atoms with E-state index in [1.165, 1.54) is 225 Å². The summed E-state index contributed by atoms with van der Waals surface area (Å²) >= 11 is 0. The molecule has 0 spiro atoms. The van der Waals surface area contributed by atoms with Gasteiger partial charge in [-0.05, 0) is 89.9 Å². The molecule has 0 amide bonds. The fourth-order valence-electron chi connectivity index (χ4n) is 10.1. The molecule has 482 valence electrons. The van der Waals surface area contributed by atoms with Crippen LogP contribution in [-0.2, 0) is 32.7 Å². The molecule has 0 radical (unpaired) electrons. The smallest absolute Gasteiger partial charge is 0.462 e.